The van der Waals surface area contributed by atoms with Crippen molar-refractivity contribution in [3.8, 4) is 5.75 Å². The third-order valence-electron chi connectivity index (χ3n) is 11.3. The van der Waals surface area contributed by atoms with Crippen molar-refractivity contribution in [3.05, 3.63) is 28.8 Å². The summed E-state index contributed by atoms with van der Waals surface area (Å²) in [6.45, 7) is 9.14. The van der Waals surface area contributed by atoms with E-state index in [2.05, 4.69) is 0 Å². The van der Waals surface area contributed by atoms with Crippen molar-refractivity contribution in [1.29, 1.82) is 0 Å². The molecule has 0 heterocycles. The van der Waals surface area contributed by atoms with E-state index in [0.29, 0.717) is 11.1 Å². The highest BCUT2D eigenvalue weighted by Crippen LogP contribution is 2.66. The first kappa shape index (κ1) is 28.8. The van der Waals surface area contributed by atoms with Crippen LogP contribution in [-0.4, -0.2) is 55.9 Å². The molecule has 1 aromatic rings. The lowest BCUT2D eigenvalue weighted by Gasteiger charge is -2.65. The Bertz CT molecular complexity index is 1340. The normalized spacial score (nSPS) is 40.1. The molecular weight excluding hydrogens is 512 g/mol. The van der Waals surface area contributed by atoms with Gasteiger partial charge in [-0.2, -0.15) is 0 Å². The van der Waals surface area contributed by atoms with Gasteiger partial charge in [0.1, 0.15) is 17.5 Å². The van der Waals surface area contributed by atoms with Gasteiger partial charge in [-0.3, -0.25) is 24.0 Å². The van der Waals surface area contributed by atoms with Crippen molar-refractivity contribution >= 4 is 28.9 Å². The summed E-state index contributed by atoms with van der Waals surface area (Å²) in [6, 6.07) is 3.61. The molecule has 3 saturated carbocycles. The first-order chi connectivity index (χ1) is 18.6. The Morgan fingerprint density at radius 2 is 1.55 bits per heavy atom. The highest BCUT2D eigenvalue weighted by Gasteiger charge is 2.80. The van der Waals surface area contributed by atoms with E-state index < -0.39 is 81.0 Å². The zero-order valence-electron chi connectivity index (χ0n) is 24.1. The molecule has 0 spiro atoms. The van der Waals surface area contributed by atoms with Gasteiger partial charge >= 0.3 is 0 Å². The highest BCUT2D eigenvalue weighted by molar-refractivity contribution is 6.33. The highest BCUT2D eigenvalue weighted by atomic mass is 16.3. The van der Waals surface area contributed by atoms with Crippen LogP contribution in [0, 0.1) is 34.5 Å². The fraction of sp³-hybridized carbons (Fsp3) is 0.656. The van der Waals surface area contributed by atoms with E-state index in [-0.39, 0.29) is 17.2 Å². The quantitative estimate of drug-likeness (QED) is 0.482. The molecule has 0 aromatic heterocycles. The van der Waals surface area contributed by atoms with Gasteiger partial charge in [-0.05, 0) is 48.6 Å². The SMILES string of the molecule is CC(=O)C1C(=O)C(C(C)C)[C@@]2(C)[C@H](O)[C@]3(C)C(C(=O)c4c(ccc(C5CCCCC5)c4O)[C@H]3C)C(=O)[C@@]2(O)C1=O. The number of aromatic hydroxyl groups is 1. The number of phenolic OH excluding ortho intramolecular Hbond substituents is 1. The lowest BCUT2D eigenvalue weighted by molar-refractivity contribution is -0.240. The zero-order valence-corrected chi connectivity index (χ0v) is 24.1. The molecule has 216 valence electrons. The van der Waals surface area contributed by atoms with Crippen LogP contribution < -0.4 is 0 Å². The van der Waals surface area contributed by atoms with Gasteiger partial charge in [0.05, 0.1) is 17.6 Å². The predicted molar refractivity (Wildman–Crippen MR) is 145 cm³/mol. The van der Waals surface area contributed by atoms with Gasteiger partial charge in [-0.25, -0.2) is 0 Å². The number of fused-ring (bicyclic) bond motifs is 3. The monoisotopic (exact) mass is 552 g/mol. The van der Waals surface area contributed by atoms with E-state index >= 15 is 0 Å². The van der Waals surface area contributed by atoms with Crippen molar-refractivity contribution < 1.29 is 39.3 Å². The number of ketones is 5. The molecule has 40 heavy (non-hydrogen) atoms. The maximum atomic E-state index is 14.5. The van der Waals surface area contributed by atoms with E-state index in [1.807, 2.05) is 6.07 Å². The number of aliphatic hydroxyl groups excluding tert-OH is 1. The number of Topliss-reactive ketones (excluding diaryl/α,β-unsaturated/α-hetero) is 5. The Hall–Kier alpha value is -2.71. The summed E-state index contributed by atoms with van der Waals surface area (Å²) in [5.41, 5.74) is -5.31. The number of phenols is 1. The summed E-state index contributed by atoms with van der Waals surface area (Å²) < 4.78 is 0. The number of benzene rings is 1. The average molecular weight is 553 g/mol. The number of hydrogen-bond donors (Lipinski definition) is 3. The van der Waals surface area contributed by atoms with Crippen molar-refractivity contribution in [2.24, 2.45) is 34.5 Å². The second kappa shape index (κ2) is 9.15. The predicted octanol–water partition coefficient (Wildman–Crippen LogP) is 3.67. The zero-order chi connectivity index (χ0) is 29.7. The fourth-order valence-corrected chi connectivity index (χ4v) is 9.11. The molecule has 0 amide bonds. The Labute approximate surface area is 234 Å². The van der Waals surface area contributed by atoms with E-state index in [1.54, 1.807) is 33.8 Å². The molecule has 3 fully saturated rings. The Morgan fingerprint density at radius 1 is 0.975 bits per heavy atom. The summed E-state index contributed by atoms with van der Waals surface area (Å²) in [7, 11) is 0. The van der Waals surface area contributed by atoms with Crippen LogP contribution >= 0.6 is 0 Å². The third-order valence-corrected chi connectivity index (χ3v) is 11.3. The van der Waals surface area contributed by atoms with Crippen LogP contribution in [0.25, 0.3) is 0 Å². The molecule has 4 aliphatic rings. The van der Waals surface area contributed by atoms with Crippen LogP contribution in [0.2, 0.25) is 0 Å². The Balaban J connectivity index is 1.75. The summed E-state index contributed by atoms with van der Waals surface area (Å²) in [5, 5.41) is 35.8. The fourth-order valence-electron chi connectivity index (χ4n) is 9.11. The van der Waals surface area contributed by atoms with E-state index in [1.165, 1.54) is 6.92 Å². The first-order valence-electron chi connectivity index (χ1n) is 14.5. The molecule has 8 nitrogen and oxygen atoms in total. The molecule has 3 N–H and O–H groups in total. The van der Waals surface area contributed by atoms with Crippen molar-refractivity contribution in [2.75, 3.05) is 0 Å². The summed E-state index contributed by atoms with van der Waals surface area (Å²) in [5.74, 6) is -10.7. The Morgan fingerprint density at radius 3 is 2.10 bits per heavy atom. The minimum absolute atomic E-state index is 0.00587. The van der Waals surface area contributed by atoms with Crippen LogP contribution in [0.5, 0.6) is 5.75 Å². The van der Waals surface area contributed by atoms with Crippen molar-refractivity contribution in [2.45, 2.75) is 97.2 Å². The number of carbonyl (C=O) groups is 5. The van der Waals surface area contributed by atoms with Crippen LogP contribution in [0.3, 0.4) is 0 Å². The molecule has 8 atom stereocenters. The van der Waals surface area contributed by atoms with Crippen LogP contribution in [0.4, 0.5) is 0 Å². The van der Waals surface area contributed by atoms with Gasteiger partial charge in [-0.15, -0.1) is 0 Å². The molecular formula is C32H40O8. The molecule has 0 bridgehead atoms. The van der Waals surface area contributed by atoms with Crippen molar-refractivity contribution in [3.63, 3.8) is 0 Å². The van der Waals surface area contributed by atoms with Gasteiger partial charge in [-0.1, -0.05) is 66.0 Å². The smallest absolute Gasteiger partial charge is 0.191 e. The molecule has 5 rings (SSSR count). The first-order valence-corrected chi connectivity index (χ1v) is 14.5. The third kappa shape index (κ3) is 3.23. The van der Waals surface area contributed by atoms with E-state index in [0.717, 1.165) is 39.0 Å². The second-order valence-corrected chi connectivity index (χ2v) is 13.5. The van der Waals surface area contributed by atoms with Gasteiger partial charge in [0, 0.05) is 16.7 Å². The maximum Gasteiger partial charge on any atom is 0.191 e. The molecule has 8 heteroatoms. The van der Waals surface area contributed by atoms with Gasteiger partial charge < -0.3 is 15.3 Å². The van der Waals surface area contributed by atoms with Crippen molar-refractivity contribution in [1.82, 2.24) is 0 Å². The maximum absolute atomic E-state index is 14.5. The van der Waals surface area contributed by atoms with Gasteiger partial charge in [0.15, 0.2) is 28.7 Å². The summed E-state index contributed by atoms with van der Waals surface area (Å²) >= 11 is 0. The molecule has 1 aromatic carbocycles. The topological polar surface area (TPSA) is 146 Å². The molecule has 3 unspecified atom stereocenters. The summed E-state index contributed by atoms with van der Waals surface area (Å²) in [6.07, 6.45) is 3.23. The summed E-state index contributed by atoms with van der Waals surface area (Å²) in [4.78, 5) is 68.8. The van der Waals surface area contributed by atoms with Gasteiger partial charge in [0.2, 0.25) is 0 Å². The molecule has 0 saturated heterocycles. The van der Waals surface area contributed by atoms with Gasteiger partial charge in [0.25, 0.3) is 0 Å². The number of aliphatic hydroxyl groups is 2. The average Bonchev–Trinajstić information content (AvgIpc) is 2.89. The Kier molecular flexibility index (Phi) is 6.59. The minimum atomic E-state index is -2.95. The molecule has 0 radical (unpaired) electrons. The van der Waals surface area contributed by atoms with Crippen LogP contribution in [-0.2, 0) is 19.2 Å². The van der Waals surface area contributed by atoms with E-state index in [9.17, 15) is 39.3 Å². The van der Waals surface area contributed by atoms with Crippen LogP contribution in [0.1, 0.15) is 107 Å². The second-order valence-electron chi connectivity index (χ2n) is 13.5. The lowest BCUT2D eigenvalue weighted by Crippen LogP contribution is -2.81. The van der Waals surface area contributed by atoms with Crippen LogP contribution in [0.15, 0.2) is 12.1 Å². The van der Waals surface area contributed by atoms with E-state index in [4.69, 9.17) is 0 Å². The minimum Gasteiger partial charge on any atom is -0.507 e. The number of hydrogen-bond acceptors (Lipinski definition) is 8. The molecule has 0 aliphatic heterocycles. The lowest BCUT2D eigenvalue weighted by atomic mass is 9.37. The number of rotatable bonds is 3. The number of carbonyl (C=O) groups excluding carboxylic acids is 5. The standard InChI is InChI=1S/C32H40O8/c1-14(2)22-25(35)20(16(4)33)27(37)32(40)28(38)23-26(36)21-18(15(3)30(23,5)29(39)31(22,32)6)12-13-19(24(21)34)17-10-8-7-9-11-17/h12-15,17,20,22-23,29,34,39-40H,7-11H2,1-6H3/t15-,20?,22?,23?,29-,30+,31+,32+/m1/s1. The largest absolute Gasteiger partial charge is 0.507 e. The molecule has 4 aliphatic carbocycles.